The molecule has 0 aliphatic rings. The van der Waals surface area contributed by atoms with Gasteiger partial charge in [0.2, 0.25) is 5.91 Å². The van der Waals surface area contributed by atoms with Crippen LogP contribution in [-0.2, 0) is 11.0 Å². The lowest BCUT2D eigenvalue weighted by molar-refractivity contribution is -0.141. The summed E-state index contributed by atoms with van der Waals surface area (Å²) in [4.78, 5) is 11.7. The molecule has 0 aliphatic carbocycles. The van der Waals surface area contributed by atoms with Crippen molar-refractivity contribution < 1.29 is 27.5 Å². The highest BCUT2D eigenvalue weighted by atomic mass is 19.4. The van der Waals surface area contributed by atoms with Crippen molar-refractivity contribution in [2.75, 3.05) is 5.43 Å². The molecule has 1 aromatic carbocycles. The Kier molecular flexibility index (Phi) is 5.29. The largest absolute Gasteiger partial charge is 0.435 e. The molecular formula is C14H12F4N4O2. The second kappa shape index (κ2) is 7.21. The van der Waals surface area contributed by atoms with Crippen molar-refractivity contribution in [3.05, 3.63) is 53.5 Å². The van der Waals surface area contributed by atoms with E-state index in [1.165, 1.54) is 18.2 Å². The van der Waals surface area contributed by atoms with Crippen LogP contribution in [0.15, 0.2) is 36.4 Å². The van der Waals surface area contributed by atoms with Gasteiger partial charge in [0.05, 0.1) is 12.5 Å². The second-order valence-corrected chi connectivity index (χ2v) is 4.75. The van der Waals surface area contributed by atoms with E-state index < -0.39 is 29.7 Å². The highest BCUT2D eigenvalue weighted by molar-refractivity contribution is 5.77. The van der Waals surface area contributed by atoms with Crippen LogP contribution < -0.4 is 10.9 Å². The third-order valence-electron chi connectivity index (χ3n) is 2.90. The lowest BCUT2D eigenvalue weighted by Gasteiger charge is -2.12. The average Bonchev–Trinajstić information content (AvgIpc) is 2.52. The smallest absolute Gasteiger partial charge is 0.388 e. The predicted molar refractivity (Wildman–Crippen MR) is 74.8 cm³/mol. The van der Waals surface area contributed by atoms with Gasteiger partial charge in [-0.1, -0.05) is 12.1 Å². The fraction of sp³-hybridized carbons (Fsp3) is 0.214. The lowest BCUT2D eigenvalue weighted by Crippen LogP contribution is -2.31. The van der Waals surface area contributed by atoms with Gasteiger partial charge in [-0.2, -0.15) is 13.2 Å². The molecule has 6 nitrogen and oxygen atoms in total. The summed E-state index contributed by atoms with van der Waals surface area (Å²) < 4.78 is 50.0. The number of carbonyl (C=O) groups is 1. The molecule has 10 heteroatoms. The number of anilines is 1. The summed E-state index contributed by atoms with van der Waals surface area (Å²) in [6, 6.07) is 6.81. The second-order valence-electron chi connectivity index (χ2n) is 4.75. The number of hydrazine groups is 1. The summed E-state index contributed by atoms with van der Waals surface area (Å²) in [5, 5.41) is 16.1. The summed E-state index contributed by atoms with van der Waals surface area (Å²) in [7, 11) is 0. The normalized spacial score (nSPS) is 12.5. The van der Waals surface area contributed by atoms with Crippen LogP contribution in [0.2, 0.25) is 0 Å². The first kappa shape index (κ1) is 17.6. The van der Waals surface area contributed by atoms with Crippen molar-refractivity contribution >= 4 is 11.7 Å². The predicted octanol–water partition coefficient (Wildman–Crippen LogP) is 2.20. The molecule has 0 fully saturated rings. The number of carbonyl (C=O) groups excluding carboxylic acids is 1. The quantitative estimate of drug-likeness (QED) is 0.572. The van der Waals surface area contributed by atoms with Gasteiger partial charge in [-0.15, -0.1) is 10.2 Å². The lowest BCUT2D eigenvalue weighted by atomic mass is 10.1. The van der Waals surface area contributed by atoms with Gasteiger partial charge >= 0.3 is 6.18 Å². The third kappa shape index (κ3) is 4.88. The molecule has 0 spiro atoms. The fourth-order valence-electron chi connectivity index (χ4n) is 1.74. The monoisotopic (exact) mass is 344 g/mol. The standard InChI is InChI=1S/C14H12F4N4O2/c15-9-3-1-2-8(6-9)10(23)7-13(24)22-21-12-5-4-11(19-20-12)14(16,17)18/h1-6,10,23H,7H2,(H,20,21)(H,22,24). The Morgan fingerprint density at radius 3 is 2.54 bits per heavy atom. The summed E-state index contributed by atoms with van der Waals surface area (Å²) in [6.45, 7) is 0. The van der Waals surface area contributed by atoms with E-state index in [0.717, 1.165) is 12.1 Å². The van der Waals surface area contributed by atoms with Crippen LogP contribution >= 0.6 is 0 Å². The minimum absolute atomic E-state index is 0.114. The van der Waals surface area contributed by atoms with Crippen molar-refractivity contribution in [1.82, 2.24) is 15.6 Å². The van der Waals surface area contributed by atoms with Crippen molar-refractivity contribution in [2.24, 2.45) is 0 Å². The zero-order valence-electron chi connectivity index (χ0n) is 12.0. The third-order valence-corrected chi connectivity index (χ3v) is 2.90. The van der Waals surface area contributed by atoms with Crippen LogP contribution in [0.5, 0.6) is 0 Å². The number of hydrogen-bond acceptors (Lipinski definition) is 5. The number of hydrogen-bond donors (Lipinski definition) is 3. The van der Waals surface area contributed by atoms with Gasteiger partial charge in [-0.3, -0.25) is 15.6 Å². The van der Waals surface area contributed by atoms with Crippen molar-refractivity contribution in [3.63, 3.8) is 0 Å². The number of rotatable bonds is 5. The highest BCUT2D eigenvalue weighted by Crippen LogP contribution is 2.27. The zero-order chi connectivity index (χ0) is 17.7. The first-order valence-electron chi connectivity index (χ1n) is 6.65. The van der Waals surface area contributed by atoms with E-state index in [2.05, 4.69) is 21.0 Å². The van der Waals surface area contributed by atoms with Crippen LogP contribution in [0.3, 0.4) is 0 Å². The van der Waals surface area contributed by atoms with Crippen LogP contribution in [0, 0.1) is 5.82 Å². The molecule has 0 saturated heterocycles. The van der Waals surface area contributed by atoms with Crippen LogP contribution in [0.4, 0.5) is 23.4 Å². The van der Waals surface area contributed by atoms with Gasteiger partial charge in [0, 0.05) is 0 Å². The van der Waals surface area contributed by atoms with E-state index in [4.69, 9.17) is 0 Å². The molecule has 0 bridgehead atoms. The van der Waals surface area contributed by atoms with Crippen LogP contribution in [0.1, 0.15) is 23.8 Å². The van der Waals surface area contributed by atoms with Crippen molar-refractivity contribution in [1.29, 1.82) is 0 Å². The molecule has 1 unspecified atom stereocenters. The summed E-state index contributed by atoms with van der Waals surface area (Å²) >= 11 is 0. The van der Waals surface area contributed by atoms with E-state index in [9.17, 15) is 27.5 Å². The fourth-order valence-corrected chi connectivity index (χ4v) is 1.74. The molecule has 24 heavy (non-hydrogen) atoms. The van der Waals surface area contributed by atoms with Crippen molar-refractivity contribution in [2.45, 2.75) is 18.7 Å². The van der Waals surface area contributed by atoms with Crippen LogP contribution in [0.25, 0.3) is 0 Å². The molecule has 0 aliphatic heterocycles. The molecule has 0 saturated carbocycles. The number of benzene rings is 1. The Hall–Kier alpha value is -2.75. The Morgan fingerprint density at radius 2 is 1.96 bits per heavy atom. The molecule has 2 aromatic rings. The van der Waals surface area contributed by atoms with E-state index >= 15 is 0 Å². The molecule has 1 aromatic heterocycles. The van der Waals surface area contributed by atoms with E-state index in [1.807, 2.05) is 0 Å². The van der Waals surface area contributed by atoms with Gasteiger partial charge in [0.1, 0.15) is 5.82 Å². The maximum Gasteiger partial charge on any atom is 0.435 e. The first-order chi connectivity index (χ1) is 11.3. The zero-order valence-corrected chi connectivity index (χ0v) is 12.0. The van der Waals surface area contributed by atoms with Gasteiger partial charge in [0.25, 0.3) is 0 Å². The van der Waals surface area contributed by atoms with E-state index in [-0.39, 0.29) is 17.8 Å². The Morgan fingerprint density at radius 1 is 1.21 bits per heavy atom. The molecule has 0 radical (unpaired) electrons. The maximum absolute atomic E-state index is 13.0. The molecule has 1 atom stereocenters. The number of alkyl halides is 3. The Labute approximate surface area is 133 Å². The van der Waals surface area contributed by atoms with E-state index in [1.54, 1.807) is 0 Å². The number of amides is 1. The first-order valence-corrected chi connectivity index (χ1v) is 6.65. The van der Waals surface area contributed by atoms with E-state index in [0.29, 0.717) is 6.07 Å². The Bertz CT molecular complexity index is 707. The highest BCUT2D eigenvalue weighted by Gasteiger charge is 2.32. The molecular weight excluding hydrogens is 332 g/mol. The SMILES string of the molecule is O=C(CC(O)c1cccc(F)c1)NNc1ccc(C(F)(F)F)nn1. The number of nitrogens with zero attached hydrogens (tertiary/aromatic N) is 2. The molecule has 128 valence electrons. The summed E-state index contributed by atoms with van der Waals surface area (Å²) in [5.41, 5.74) is 3.47. The number of aliphatic hydroxyl groups is 1. The number of halogens is 4. The van der Waals surface area contributed by atoms with Gasteiger partial charge < -0.3 is 5.11 Å². The molecule has 1 amide bonds. The van der Waals surface area contributed by atoms with Gasteiger partial charge in [0.15, 0.2) is 11.5 Å². The molecule has 2 rings (SSSR count). The van der Waals surface area contributed by atoms with Gasteiger partial charge in [-0.05, 0) is 29.8 Å². The summed E-state index contributed by atoms with van der Waals surface area (Å²) in [5.74, 6) is -1.34. The molecule has 1 heterocycles. The topological polar surface area (TPSA) is 87.1 Å². The maximum atomic E-state index is 13.0. The number of aromatic nitrogens is 2. The van der Waals surface area contributed by atoms with Crippen LogP contribution in [-0.4, -0.2) is 21.2 Å². The average molecular weight is 344 g/mol. The number of nitrogens with one attached hydrogen (secondary N) is 2. The summed E-state index contributed by atoms with van der Waals surface area (Å²) in [6.07, 6.45) is -6.23. The minimum atomic E-state index is -4.61. The van der Waals surface area contributed by atoms with Crippen molar-refractivity contribution in [3.8, 4) is 0 Å². The Balaban J connectivity index is 1.87. The minimum Gasteiger partial charge on any atom is -0.388 e. The van der Waals surface area contributed by atoms with Gasteiger partial charge in [-0.25, -0.2) is 4.39 Å². The number of aliphatic hydroxyl groups excluding tert-OH is 1. The molecule has 3 N–H and O–H groups in total.